The number of likely N-dealkylation sites (N-methyl/N-ethyl adjacent to an activating group) is 1. The first-order chi connectivity index (χ1) is 13.2. The molecule has 0 bridgehead atoms. The number of halogens is 2. The van der Waals surface area contributed by atoms with Gasteiger partial charge in [0.25, 0.3) is 5.56 Å². The standard InChI is InChI=1S/C20H20Cl2N4O2/c1-11-8-16-18(20(27)26(11)7-6-25(2)3)17(14(10-23)19(24)28-16)13-5-4-12(21)9-15(13)22/h4-5,8-9,17H,6-7,24H2,1-3H3/t17-/m0/s1. The maximum atomic E-state index is 13.4. The van der Waals surface area contributed by atoms with Crippen molar-refractivity contribution in [2.45, 2.75) is 19.4 Å². The Balaban J connectivity index is 2.27. The maximum absolute atomic E-state index is 13.4. The second-order valence-electron chi connectivity index (χ2n) is 6.91. The third-order valence-corrected chi connectivity index (χ3v) is 5.30. The van der Waals surface area contributed by atoms with Gasteiger partial charge in [-0.15, -0.1) is 0 Å². The van der Waals surface area contributed by atoms with E-state index in [0.29, 0.717) is 40.0 Å². The molecule has 1 atom stereocenters. The lowest BCUT2D eigenvalue weighted by Crippen LogP contribution is -2.34. The molecule has 8 heteroatoms. The Morgan fingerprint density at radius 2 is 2.04 bits per heavy atom. The molecule has 6 nitrogen and oxygen atoms in total. The zero-order valence-corrected chi connectivity index (χ0v) is 17.3. The number of hydrogen-bond donors (Lipinski definition) is 1. The molecule has 2 N–H and O–H groups in total. The van der Waals surface area contributed by atoms with Crippen molar-refractivity contribution in [2.75, 3.05) is 20.6 Å². The highest BCUT2D eigenvalue weighted by atomic mass is 35.5. The second kappa shape index (κ2) is 7.88. The summed E-state index contributed by atoms with van der Waals surface area (Å²) in [5.74, 6) is -0.413. The maximum Gasteiger partial charge on any atom is 0.258 e. The molecule has 0 radical (unpaired) electrons. The van der Waals surface area contributed by atoms with Crippen molar-refractivity contribution in [3.05, 3.63) is 72.9 Å². The SMILES string of the molecule is Cc1cc2c(c(=O)n1CCN(C)C)[C@@H](c1ccc(Cl)cc1Cl)C(C#N)=C(N)O2. The van der Waals surface area contributed by atoms with Crippen molar-refractivity contribution in [3.8, 4) is 11.8 Å². The predicted octanol–water partition coefficient (Wildman–Crippen LogP) is 3.24. The van der Waals surface area contributed by atoms with Gasteiger partial charge in [0.05, 0.1) is 11.5 Å². The minimum Gasteiger partial charge on any atom is -0.440 e. The van der Waals surface area contributed by atoms with Crippen LogP contribution in [0.25, 0.3) is 0 Å². The summed E-state index contributed by atoms with van der Waals surface area (Å²) in [5, 5.41) is 10.5. The highest BCUT2D eigenvalue weighted by Gasteiger charge is 2.35. The molecule has 1 aromatic carbocycles. The van der Waals surface area contributed by atoms with Gasteiger partial charge in [-0.05, 0) is 38.7 Å². The Labute approximate surface area is 173 Å². The Hall–Kier alpha value is -2.46. The van der Waals surface area contributed by atoms with Gasteiger partial charge in [-0.25, -0.2) is 0 Å². The molecule has 0 amide bonds. The van der Waals surface area contributed by atoms with Crippen molar-refractivity contribution in [1.29, 1.82) is 5.26 Å². The number of nitrogens with two attached hydrogens (primary N) is 1. The highest BCUT2D eigenvalue weighted by Crippen LogP contribution is 2.43. The third kappa shape index (κ3) is 3.61. The van der Waals surface area contributed by atoms with Gasteiger partial charge in [0.15, 0.2) is 0 Å². The Kier molecular flexibility index (Phi) is 5.71. The number of nitriles is 1. The summed E-state index contributed by atoms with van der Waals surface area (Å²) in [5.41, 5.74) is 7.60. The summed E-state index contributed by atoms with van der Waals surface area (Å²) in [7, 11) is 3.88. The number of hydrogen-bond acceptors (Lipinski definition) is 5. The molecular weight excluding hydrogens is 399 g/mol. The number of nitrogens with zero attached hydrogens (tertiary/aromatic N) is 3. The largest absolute Gasteiger partial charge is 0.440 e. The van der Waals surface area contributed by atoms with E-state index < -0.39 is 5.92 Å². The molecule has 0 unspecified atom stereocenters. The van der Waals surface area contributed by atoms with Crippen molar-refractivity contribution in [3.63, 3.8) is 0 Å². The molecule has 3 rings (SSSR count). The van der Waals surface area contributed by atoms with Crippen LogP contribution in [0.3, 0.4) is 0 Å². The van der Waals surface area contributed by atoms with Crippen LogP contribution in [0.1, 0.15) is 22.7 Å². The minimum absolute atomic E-state index is 0.0316. The fourth-order valence-electron chi connectivity index (χ4n) is 3.31. The topological polar surface area (TPSA) is 84.3 Å². The molecule has 146 valence electrons. The smallest absolute Gasteiger partial charge is 0.258 e. The first-order valence-electron chi connectivity index (χ1n) is 8.66. The zero-order valence-electron chi connectivity index (χ0n) is 15.8. The summed E-state index contributed by atoms with van der Waals surface area (Å²) >= 11 is 12.4. The van der Waals surface area contributed by atoms with E-state index in [-0.39, 0.29) is 17.0 Å². The summed E-state index contributed by atoms with van der Waals surface area (Å²) in [4.78, 5) is 15.4. The molecule has 0 fully saturated rings. The molecule has 0 spiro atoms. The lowest BCUT2D eigenvalue weighted by Gasteiger charge is -2.28. The van der Waals surface area contributed by atoms with Gasteiger partial charge < -0.3 is 19.9 Å². The van der Waals surface area contributed by atoms with Gasteiger partial charge in [0.2, 0.25) is 5.88 Å². The summed E-state index contributed by atoms with van der Waals surface area (Å²) < 4.78 is 7.31. The van der Waals surface area contributed by atoms with Crippen LogP contribution < -0.4 is 16.0 Å². The molecule has 0 saturated carbocycles. The number of rotatable bonds is 4. The Bertz CT molecular complexity index is 1070. The Morgan fingerprint density at radius 1 is 1.32 bits per heavy atom. The third-order valence-electron chi connectivity index (χ3n) is 4.73. The zero-order chi connectivity index (χ0) is 20.6. The normalized spacial score (nSPS) is 16.0. The van der Waals surface area contributed by atoms with Gasteiger partial charge in [-0.1, -0.05) is 29.3 Å². The van der Waals surface area contributed by atoms with E-state index in [1.807, 2.05) is 25.9 Å². The van der Waals surface area contributed by atoms with Crippen molar-refractivity contribution in [2.24, 2.45) is 5.73 Å². The number of pyridine rings is 1. The van der Waals surface area contributed by atoms with Crippen LogP contribution in [-0.2, 0) is 6.54 Å². The fourth-order valence-corrected chi connectivity index (χ4v) is 3.83. The predicted molar refractivity (Wildman–Crippen MR) is 110 cm³/mol. The van der Waals surface area contributed by atoms with Crippen LogP contribution in [0.15, 0.2) is 40.5 Å². The number of benzene rings is 1. The van der Waals surface area contributed by atoms with Crippen LogP contribution >= 0.6 is 23.2 Å². The number of aryl methyl sites for hydroxylation is 1. The van der Waals surface area contributed by atoms with Crippen LogP contribution in [0, 0.1) is 18.3 Å². The number of ether oxygens (including phenoxy) is 1. The van der Waals surface area contributed by atoms with E-state index >= 15 is 0 Å². The van der Waals surface area contributed by atoms with E-state index in [1.165, 1.54) is 0 Å². The molecule has 1 aromatic heterocycles. The molecule has 1 aliphatic rings. The Morgan fingerprint density at radius 3 is 2.64 bits per heavy atom. The van der Waals surface area contributed by atoms with Gasteiger partial charge in [0, 0.05) is 34.9 Å². The van der Waals surface area contributed by atoms with Crippen LogP contribution in [0.4, 0.5) is 0 Å². The van der Waals surface area contributed by atoms with Crippen molar-refractivity contribution >= 4 is 23.2 Å². The lowest BCUT2D eigenvalue weighted by atomic mass is 9.84. The number of aromatic nitrogens is 1. The molecular formula is C20H20Cl2N4O2. The minimum atomic E-state index is -0.725. The molecule has 2 aromatic rings. The monoisotopic (exact) mass is 418 g/mol. The van der Waals surface area contributed by atoms with Gasteiger partial charge in [-0.2, -0.15) is 5.26 Å². The van der Waals surface area contributed by atoms with Crippen LogP contribution in [-0.4, -0.2) is 30.1 Å². The quantitative estimate of drug-likeness (QED) is 0.823. The fraction of sp³-hybridized carbons (Fsp3) is 0.300. The first kappa shape index (κ1) is 20.3. The molecule has 2 heterocycles. The van der Waals surface area contributed by atoms with Gasteiger partial charge >= 0.3 is 0 Å². The number of allylic oxidation sites excluding steroid dienone is 1. The molecule has 0 saturated heterocycles. The van der Waals surface area contributed by atoms with Crippen LogP contribution in [0.5, 0.6) is 5.75 Å². The first-order valence-corrected chi connectivity index (χ1v) is 9.41. The molecule has 1 aliphatic heterocycles. The van der Waals surface area contributed by atoms with E-state index in [9.17, 15) is 10.1 Å². The molecule has 0 aliphatic carbocycles. The van der Waals surface area contributed by atoms with E-state index in [4.69, 9.17) is 33.7 Å². The van der Waals surface area contributed by atoms with Crippen molar-refractivity contribution < 1.29 is 4.74 Å². The van der Waals surface area contributed by atoms with Crippen molar-refractivity contribution in [1.82, 2.24) is 9.47 Å². The summed E-state index contributed by atoms with van der Waals surface area (Å²) in [6.45, 7) is 3.04. The van der Waals surface area contributed by atoms with Gasteiger partial charge in [-0.3, -0.25) is 4.79 Å². The summed E-state index contributed by atoms with van der Waals surface area (Å²) in [6, 6.07) is 8.80. The summed E-state index contributed by atoms with van der Waals surface area (Å²) in [6.07, 6.45) is 0. The van der Waals surface area contributed by atoms with E-state index in [1.54, 1.807) is 28.8 Å². The van der Waals surface area contributed by atoms with E-state index in [0.717, 1.165) is 5.69 Å². The van der Waals surface area contributed by atoms with Gasteiger partial charge in [0.1, 0.15) is 17.4 Å². The lowest BCUT2D eigenvalue weighted by molar-refractivity contribution is 0.369. The van der Waals surface area contributed by atoms with Crippen LogP contribution in [0.2, 0.25) is 10.0 Å². The van der Waals surface area contributed by atoms with E-state index in [2.05, 4.69) is 6.07 Å². The average molecular weight is 419 g/mol. The highest BCUT2D eigenvalue weighted by molar-refractivity contribution is 6.35. The second-order valence-corrected chi connectivity index (χ2v) is 7.76. The average Bonchev–Trinajstić information content (AvgIpc) is 2.60. The molecule has 28 heavy (non-hydrogen) atoms. The number of fused-ring (bicyclic) bond motifs is 1.